The average molecular weight is 357 g/mol. The minimum absolute atomic E-state index is 0.522. The average Bonchev–Trinajstić information content (AvgIpc) is 2.69. The van der Waals surface area contributed by atoms with Gasteiger partial charge in [-0.25, -0.2) is 0 Å². The van der Waals surface area contributed by atoms with Gasteiger partial charge in [0.25, 0.3) is 0 Å². The summed E-state index contributed by atoms with van der Waals surface area (Å²) >= 11 is 0. The van der Waals surface area contributed by atoms with Crippen molar-refractivity contribution in [3.05, 3.63) is 42.0 Å². The summed E-state index contributed by atoms with van der Waals surface area (Å²) in [7, 11) is 1.72. The van der Waals surface area contributed by atoms with E-state index in [1.165, 1.54) is 44.1 Å². The minimum atomic E-state index is -0.522. The van der Waals surface area contributed by atoms with Crippen LogP contribution in [0.3, 0.4) is 0 Å². The second-order valence-electron chi connectivity index (χ2n) is 8.51. The van der Waals surface area contributed by atoms with E-state index >= 15 is 0 Å². The topological polar surface area (TPSA) is 29.5 Å². The molecular weight excluding hydrogens is 320 g/mol. The first-order valence-corrected chi connectivity index (χ1v) is 10.7. The smallest absolute Gasteiger partial charge is 0.118 e. The highest BCUT2D eigenvalue weighted by Crippen LogP contribution is 2.43. The van der Waals surface area contributed by atoms with Crippen LogP contribution >= 0.6 is 0 Å². The molecule has 0 unspecified atom stereocenters. The molecule has 2 nitrogen and oxygen atoms in total. The van der Waals surface area contributed by atoms with Crippen LogP contribution in [0.15, 0.2) is 36.4 Å². The number of hydrogen-bond donors (Lipinski definition) is 1. The van der Waals surface area contributed by atoms with Gasteiger partial charge in [-0.15, -0.1) is 0 Å². The van der Waals surface area contributed by atoms with Gasteiger partial charge in [-0.05, 0) is 80.4 Å². The zero-order valence-corrected chi connectivity index (χ0v) is 16.6. The Bertz CT molecular complexity index is 568. The number of unbranched alkanes of at least 4 members (excludes halogenated alkanes) is 2. The van der Waals surface area contributed by atoms with Crippen LogP contribution in [-0.2, 0) is 0 Å². The molecule has 1 aromatic rings. The molecule has 0 amide bonds. The van der Waals surface area contributed by atoms with E-state index in [9.17, 15) is 5.11 Å². The van der Waals surface area contributed by atoms with Crippen molar-refractivity contribution in [2.24, 2.45) is 11.8 Å². The third kappa shape index (κ3) is 4.91. The molecule has 144 valence electrons. The van der Waals surface area contributed by atoms with Crippen molar-refractivity contribution >= 4 is 0 Å². The number of benzene rings is 1. The third-order valence-corrected chi connectivity index (χ3v) is 6.74. The van der Waals surface area contributed by atoms with Gasteiger partial charge in [0, 0.05) is 0 Å². The fourth-order valence-corrected chi connectivity index (χ4v) is 4.94. The number of allylic oxidation sites excluding steroid dienone is 1. The van der Waals surface area contributed by atoms with Crippen molar-refractivity contribution < 1.29 is 9.84 Å². The molecule has 1 saturated carbocycles. The maximum atomic E-state index is 10.8. The highest BCUT2D eigenvalue weighted by molar-refractivity contribution is 5.29. The molecule has 1 N–H and O–H groups in total. The molecule has 2 aliphatic carbocycles. The largest absolute Gasteiger partial charge is 0.497 e. The zero-order chi connectivity index (χ0) is 18.4. The molecule has 1 aromatic carbocycles. The van der Waals surface area contributed by atoms with Gasteiger partial charge >= 0.3 is 0 Å². The highest BCUT2D eigenvalue weighted by Gasteiger charge is 2.33. The lowest BCUT2D eigenvalue weighted by molar-refractivity contribution is 0.0508. The van der Waals surface area contributed by atoms with Crippen LogP contribution in [-0.4, -0.2) is 17.8 Å². The van der Waals surface area contributed by atoms with Gasteiger partial charge in [0.15, 0.2) is 0 Å². The summed E-state index contributed by atoms with van der Waals surface area (Å²) in [4.78, 5) is 0. The van der Waals surface area contributed by atoms with E-state index in [0.29, 0.717) is 11.8 Å². The number of hydrogen-bond acceptors (Lipinski definition) is 2. The minimum Gasteiger partial charge on any atom is -0.497 e. The summed E-state index contributed by atoms with van der Waals surface area (Å²) in [5.41, 5.74) is 0.945. The molecule has 2 aliphatic rings. The van der Waals surface area contributed by atoms with Crippen LogP contribution in [0.1, 0.15) is 82.6 Å². The van der Waals surface area contributed by atoms with E-state index in [1.54, 1.807) is 7.11 Å². The van der Waals surface area contributed by atoms with Crippen molar-refractivity contribution in [1.29, 1.82) is 0 Å². The second kappa shape index (κ2) is 9.08. The second-order valence-corrected chi connectivity index (χ2v) is 8.51. The molecule has 0 aliphatic heterocycles. The maximum absolute atomic E-state index is 10.8. The molecule has 0 saturated heterocycles. The quantitative estimate of drug-likeness (QED) is 0.462. The van der Waals surface area contributed by atoms with E-state index in [0.717, 1.165) is 37.4 Å². The molecule has 0 bridgehead atoms. The normalized spacial score (nSPS) is 31.7. The van der Waals surface area contributed by atoms with Crippen molar-refractivity contribution in [2.45, 2.75) is 82.7 Å². The fraction of sp³-hybridized carbons (Fsp3) is 0.667. The summed E-state index contributed by atoms with van der Waals surface area (Å²) in [6.45, 7) is 2.22. The Balaban J connectivity index is 1.49. The fourth-order valence-electron chi connectivity index (χ4n) is 4.94. The molecule has 0 spiro atoms. The Labute approximate surface area is 159 Å². The molecular formula is C24H36O2. The third-order valence-electron chi connectivity index (χ3n) is 6.74. The van der Waals surface area contributed by atoms with Gasteiger partial charge in [0.2, 0.25) is 0 Å². The van der Waals surface area contributed by atoms with Crippen molar-refractivity contribution in [3.63, 3.8) is 0 Å². The molecule has 3 rings (SSSR count). The number of rotatable bonds is 7. The van der Waals surface area contributed by atoms with Crippen molar-refractivity contribution in [2.75, 3.05) is 7.11 Å². The first kappa shape index (κ1) is 19.5. The van der Waals surface area contributed by atoms with E-state index in [2.05, 4.69) is 43.3 Å². The van der Waals surface area contributed by atoms with Crippen LogP contribution in [0.5, 0.6) is 5.75 Å². The van der Waals surface area contributed by atoms with Gasteiger partial charge in [-0.1, -0.05) is 50.5 Å². The van der Waals surface area contributed by atoms with Crippen molar-refractivity contribution in [3.8, 4) is 5.75 Å². The van der Waals surface area contributed by atoms with Crippen LogP contribution in [0, 0.1) is 11.8 Å². The van der Waals surface area contributed by atoms with Crippen LogP contribution < -0.4 is 4.74 Å². The Hall–Kier alpha value is -1.28. The standard InChI is InChI=1S/C24H36O2/c1-3-4-5-16-24(25)17-14-22(15-18-24)20-8-6-19(7-9-20)21-10-12-23(26-2)13-11-21/h10-14,17,19-20,22,25H,3-9,15-16,18H2,1-2H3/t19?,20?,22-,24+/m1/s1. The lowest BCUT2D eigenvalue weighted by atomic mass is 9.69. The Morgan fingerprint density at radius 3 is 2.35 bits per heavy atom. The molecule has 26 heavy (non-hydrogen) atoms. The predicted octanol–water partition coefficient (Wildman–Crippen LogP) is 6.25. The molecule has 2 atom stereocenters. The summed E-state index contributed by atoms with van der Waals surface area (Å²) in [6.07, 6.45) is 16.4. The zero-order valence-electron chi connectivity index (χ0n) is 16.6. The number of methoxy groups -OCH3 is 1. The first-order valence-electron chi connectivity index (χ1n) is 10.7. The van der Waals surface area contributed by atoms with Crippen LogP contribution in [0.2, 0.25) is 0 Å². The van der Waals surface area contributed by atoms with Gasteiger partial charge in [0.1, 0.15) is 5.75 Å². The monoisotopic (exact) mass is 356 g/mol. The van der Waals surface area contributed by atoms with E-state index in [-0.39, 0.29) is 0 Å². The lowest BCUT2D eigenvalue weighted by Gasteiger charge is -2.37. The molecule has 0 aromatic heterocycles. The van der Waals surface area contributed by atoms with E-state index in [1.807, 2.05) is 0 Å². The molecule has 0 radical (unpaired) electrons. The molecule has 0 heterocycles. The summed E-state index contributed by atoms with van der Waals surface area (Å²) < 4.78 is 5.27. The Morgan fingerprint density at radius 2 is 1.77 bits per heavy atom. The Morgan fingerprint density at radius 1 is 1.04 bits per heavy atom. The lowest BCUT2D eigenvalue weighted by Crippen LogP contribution is -2.32. The summed E-state index contributed by atoms with van der Waals surface area (Å²) in [5, 5.41) is 10.8. The van der Waals surface area contributed by atoms with Gasteiger partial charge in [0.05, 0.1) is 12.7 Å². The maximum Gasteiger partial charge on any atom is 0.118 e. The van der Waals surface area contributed by atoms with Crippen molar-refractivity contribution in [1.82, 2.24) is 0 Å². The van der Waals surface area contributed by atoms with E-state index < -0.39 is 5.60 Å². The van der Waals surface area contributed by atoms with Crippen LogP contribution in [0.25, 0.3) is 0 Å². The number of aliphatic hydroxyl groups is 1. The predicted molar refractivity (Wildman–Crippen MR) is 109 cm³/mol. The van der Waals surface area contributed by atoms with Gasteiger partial charge in [-0.2, -0.15) is 0 Å². The summed E-state index contributed by atoms with van der Waals surface area (Å²) in [5.74, 6) is 3.14. The SMILES string of the molecule is CCCCC[C@]1(O)C=C[C@@H](C2CCC(c3ccc(OC)cc3)CC2)CC1. The van der Waals surface area contributed by atoms with E-state index in [4.69, 9.17) is 4.74 Å². The highest BCUT2D eigenvalue weighted by atomic mass is 16.5. The van der Waals surface area contributed by atoms with Gasteiger partial charge in [-0.3, -0.25) is 0 Å². The number of ether oxygens (including phenoxy) is 1. The Kier molecular flexibility index (Phi) is 6.80. The first-order chi connectivity index (χ1) is 12.6. The van der Waals surface area contributed by atoms with Gasteiger partial charge < -0.3 is 9.84 Å². The van der Waals surface area contributed by atoms with Crippen LogP contribution in [0.4, 0.5) is 0 Å². The molecule has 1 fully saturated rings. The molecule has 2 heteroatoms. The summed E-state index contributed by atoms with van der Waals surface area (Å²) in [6, 6.07) is 8.65.